The molecule has 9 nitrogen and oxygen atoms in total. The molecule has 4 aromatic rings. The van der Waals surface area contributed by atoms with Gasteiger partial charge in [-0.2, -0.15) is 10.2 Å². The summed E-state index contributed by atoms with van der Waals surface area (Å²) < 4.78 is 37.0. The second kappa shape index (κ2) is 6.80. The molecule has 0 spiro atoms. The summed E-state index contributed by atoms with van der Waals surface area (Å²) in [6.07, 6.45) is 6.08. The van der Waals surface area contributed by atoms with E-state index < -0.39 is 10.0 Å². The van der Waals surface area contributed by atoms with Crippen LogP contribution in [-0.2, 0) is 17.1 Å². The molecule has 0 bridgehead atoms. The van der Waals surface area contributed by atoms with Gasteiger partial charge in [-0.25, -0.2) is 18.1 Å². The summed E-state index contributed by atoms with van der Waals surface area (Å²) in [7, 11) is -0.876. The number of benzene rings is 1. The summed E-state index contributed by atoms with van der Waals surface area (Å²) in [5.74, 6) is 0.723. The number of aromatic nitrogens is 5. The van der Waals surface area contributed by atoms with Crippen molar-refractivity contribution >= 4 is 38.2 Å². The van der Waals surface area contributed by atoms with E-state index in [1.807, 2.05) is 0 Å². The number of hydrogen-bond acceptors (Lipinski definition) is 6. The Bertz CT molecular complexity index is 1260. The van der Waals surface area contributed by atoms with Crippen LogP contribution in [0.2, 0.25) is 5.02 Å². The molecule has 0 atom stereocenters. The van der Waals surface area contributed by atoms with Gasteiger partial charge in [0.25, 0.3) is 10.0 Å². The van der Waals surface area contributed by atoms with Crippen molar-refractivity contribution in [1.82, 2.24) is 24.5 Å². The molecule has 0 aliphatic rings. The number of nitrogens with zero attached hydrogens (tertiary/aromatic N) is 5. The molecule has 0 saturated heterocycles. The van der Waals surface area contributed by atoms with Gasteiger partial charge in [-0.1, -0.05) is 11.6 Å². The summed E-state index contributed by atoms with van der Waals surface area (Å²) in [4.78, 5) is 4.23. The Morgan fingerprint density at radius 1 is 1.11 bits per heavy atom. The van der Waals surface area contributed by atoms with Crippen molar-refractivity contribution in [1.29, 1.82) is 0 Å². The Morgan fingerprint density at radius 3 is 2.57 bits per heavy atom. The van der Waals surface area contributed by atoms with Crippen molar-refractivity contribution in [3.8, 4) is 11.6 Å². The van der Waals surface area contributed by atoms with Crippen LogP contribution in [0.5, 0.6) is 5.75 Å². The van der Waals surface area contributed by atoms with Crippen molar-refractivity contribution < 1.29 is 13.2 Å². The smallest absolute Gasteiger partial charge is 0.267 e. The first-order chi connectivity index (χ1) is 13.4. The van der Waals surface area contributed by atoms with E-state index in [4.69, 9.17) is 16.3 Å². The Labute approximate surface area is 165 Å². The molecule has 1 N–H and O–H groups in total. The second-order valence-corrected chi connectivity index (χ2v) is 7.97. The summed E-state index contributed by atoms with van der Waals surface area (Å²) >= 11 is 5.85. The monoisotopic (exact) mass is 418 g/mol. The van der Waals surface area contributed by atoms with Crippen molar-refractivity contribution in [3.63, 3.8) is 0 Å². The maximum Gasteiger partial charge on any atom is 0.267 e. The average molecular weight is 419 g/mol. The predicted molar refractivity (Wildman–Crippen MR) is 104 cm³/mol. The number of hydrogen-bond donors (Lipinski definition) is 1. The van der Waals surface area contributed by atoms with Crippen LogP contribution in [0, 0.1) is 0 Å². The molecule has 1 aromatic carbocycles. The van der Waals surface area contributed by atoms with E-state index in [2.05, 4.69) is 19.9 Å². The first kappa shape index (κ1) is 18.3. The number of rotatable bonds is 5. The molecule has 3 heterocycles. The van der Waals surface area contributed by atoms with Gasteiger partial charge in [0.2, 0.25) is 0 Å². The highest BCUT2D eigenvalue weighted by atomic mass is 35.5. The Hall–Kier alpha value is -3.11. The van der Waals surface area contributed by atoms with Crippen LogP contribution >= 0.6 is 11.6 Å². The van der Waals surface area contributed by atoms with Crippen molar-refractivity contribution in [2.45, 2.75) is 4.90 Å². The van der Waals surface area contributed by atoms with E-state index in [1.165, 1.54) is 28.9 Å². The minimum absolute atomic E-state index is 0.00966. The number of ether oxygens (including phenoxy) is 1. The normalized spacial score (nSPS) is 11.7. The van der Waals surface area contributed by atoms with E-state index in [-0.39, 0.29) is 10.6 Å². The molecule has 0 fully saturated rings. The molecular formula is C17H15ClN6O3S. The fraction of sp³-hybridized carbons (Fsp3) is 0.118. The molecule has 0 saturated carbocycles. The number of nitrogens with one attached hydrogen (secondary N) is 1. The standard InChI is InChI=1S/C17H15ClN6O3S/c1-23-16-11(7-20-23)3-5-14(27-2)17(16)28(25,26)22-13-4-6-15(19-9-13)24-10-12(18)8-21-24/h3-10,22H,1-2H3. The number of pyridine rings is 1. The van der Waals surface area contributed by atoms with Crippen molar-refractivity contribution in [2.75, 3.05) is 11.8 Å². The van der Waals surface area contributed by atoms with Crippen molar-refractivity contribution in [3.05, 3.63) is 54.1 Å². The highest BCUT2D eigenvalue weighted by Crippen LogP contribution is 2.33. The summed E-state index contributed by atoms with van der Waals surface area (Å²) in [5, 5.41) is 9.35. The molecule has 0 radical (unpaired) electrons. The fourth-order valence-electron chi connectivity index (χ4n) is 2.85. The SMILES string of the molecule is COc1ccc2cnn(C)c2c1S(=O)(=O)Nc1ccc(-n2cc(Cl)cn2)nc1. The van der Waals surface area contributed by atoms with E-state index in [0.29, 0.717) is 27.4 Å². The largest absolute Gasteiger partial charge is 0.495 e. The van der Waals surface area contributed by atoms with Crippen LogP contribution < -0.4 is 9.46 Å². The van der Waals surface area contributed by atoms with E-state index in [9.17, 15) is 8.42 Å². The summed E-state index contributed by atoms with van der Waals surface area (Å²) in [6, 6.07) is 6.57. The van der Waals surface area contributed by atoms with Gasteiger partial charge >= 0.3 is 0 Å². The van der Waals surface area contributed by atoms with Gasteiger partial charge in [0.15, 0.2) is 10.7 Å². The van der Waals surface area contributed by atoms with Crippen LogP contribution in [0.25, 0.3) is 16.7 Å². The average Bonchev–Trinajstić information content (AvgIpc) is 3.27. The van der Waals surface area contributed by atoms with Gasteiger partial charge in [-0.3, -0.25) is 9.40 Å². The van der Waals surface area contributed by atoms with Gasteiger partial charge in [-0.05, 0) is 24.3 Å². The summed E-state index contributed by atoms with van der Waals surface area (Å²) in [6.45, 7) is 0. The minimum Gasteiger partial charge on any atom is -0.495 e. The lowest BCUT2D eigenvalue weighted by Gasteiger charge is -2.13. The zero-order valence-corrected chi connectivity index (χ0v) is 16.4. The minimum atomic E-state index is -3.97. The topological polar surface area (TPSA) is 104 Å². The first-order valence-electron chi connectivity index (χ1n) is 8.07. The number of anilines is 1. The molecule has 0 amide bonds. The third-order valence-electron chi connectivity index (χ3n) is 4.09. The van der Waals surface area contributed by atoms with Crippen LogP contribution in [0.1, 0.15) is 0 Å². The third kappa shape index (κ3) is 3.16. The number of methoxy groups -OCH3 is 1. The van der Waals surface area contributed by atoms with Crippen molar-refractivity contribution in [2.24, 2.45) is 7.05 Å². The predicted octanol–water partition coefficient (Wildman–Crippen LogP) is 2.62. The number of halogens is 1. The maximum absolute atomic E-state index is 13.1. The molecule has 0 unspecified atom stereocenters. The van der Waals surface area contributed by atoms with Crippen LogP contribution in [0.15, 0.2) is 53.9 Å². The van der Waals surface area contributed by atoms with Crippen LogP contribution in [-0.4, -0.2) is 40.1 Å². The highest BCUT2D eigenvalue weighted by Gasteiger charge is 2.25. The maximum atomic E-state index is 13.1. The third-order valence-corrected chi connectivity index (χ3v) is 5.73. The molecular weight excluding hydrogens is 404 g/mol. The Kier molecular flexibility index (Phi) is 4.44. The van der Waals surface area contributed by atoms with Crippen LogP contribution in [0.3, 0.4) is 0 Å². The molecule has 11 heteroatoms. The zero-order valence-electron chi connectivity index (χ0n) is 14.9. The van der Waals surface area contributed by atoms with Crippen LogP contribution in [0.4, 0.5) is 5.69 Å². The summed E-state index contributed by atoms with van der Waals surface area (Å²) in [5.41, 5.74) is 0.742. The lowest BCUT2D eigenvalue weighted by molar-refractivity contribution is 0.403. The van der Waals surface area contributed by atoms with E-state index in [1.54, 1.807) is 43.7 Å². The van der Waals surface area contributed by atoms with E-state index in [0.717, 1.165) is 0 Å². The van der Waals surface area contributed by atoms with Gasteiger partial charge in [0.05, 0.1) is 48.1 Å². The number of fused-ring (bicyclic) bond motifs is 1. The lowest BCUT2D eigenvalue weighted by atomic mass is 10.2. The molecule has 3 aromatic heterocycles. The highest BCUT2D eigenvalue weighted by molar-refractivity contribution is 7.93. The van der Waals surface area contributed by atoms with Gasteiger partial charge < -0.3 is 4.74 Å². The quantitative estimate of drug-likeness (QED) is 0.534. The fourth-order valence-corrected chi connectivity index (χ4v) is 4.44. The molecule has 144 valence electrons. The molecule has 28 heavy (non-hydrogen) atoms. The Balaban J connectivity index is 1.72. The van der Waals surface area contributed by atoms with Gasteiger partial charge in [0, 0.05) is 12.4 Å². The van der Waals surface area contributed by atoms with E-state index >= 15 is 0 Å². The number of sulfonamides is 1. The Morgan fingerprint density at radius 2 is 1.93 bits per heavy atom. The number of aryl methyl sites for hydroxylation is 1. The molecule has 0 aliphatic carbocycles. The van der Waals surface area contributed by atoms with Gasteiger partial charge in [0.1, 0.15) is 5.75 Å². The van der Waals surface area contributed by atoms with Gasteiger partial charge in [-0.15, -0.1) is 0 Å². The molecule has 0 aliphatic heterocycles. The lowest BCUT2D eigenvalue weighted by Crippen LogP contribution is -2.16. The first-order valence-corrected chi connectivity index (χ1v) is 9.93. The molecule has 4 rings (SSSR count). The second-order valence-electron chi connectivity index (χ2n) is 5.92. The zero-order chi connectivity index (χ0) is 19.9.